The zero-order valence-corrected chi connectivity index (χ0v) is 14.1. The number of ether oxygens (including phenoxy) is 1. The Morgan fingerprint density at radius 2 is 2.29 bits per heavy atom. The summed E-state index contributed by atoms with van der Waals surface area (Å²) in [5, 5.41) is 13.6. The first-order valence-electron chi connectivity index (χ1n) is 7.97. The number of aromatic nitrogens is 1. The van der Waals surface area contributed by atoms with Crippen molar-refractivity contribution in [1.29, 1.82) is 0 Å². The highest BCUT2D eigenvalue weighted by molar-refractivity contribution is 7.10. The first kappa shape index (κ1) is 16.6. The van der Waals surface area contributed by atoms with E-state index in [9.17, 15) is 14.9 Å². The third-order valence-corrected chi connectivity index (χ3v) is 5.26. The summed E-state index contributed by atoms with van der Waals surface area (Å²) in [4.78, 5) is 27.0. The van der Waals surface area contributed by atoms with Crippen molar-refractivity contribution in [3.05, 3.63) is 56.0 Å². The summed E-state index contributed by atoms with van der Waals surface area (Å²) < 4.78 is 4.99. The number of nitro benzene ring substituents is 1. The van der Waals surface area contributed by atoms with Crippen molar-refractivity contribution in [3.63, 3.8) is 0 Å². The molecule has 1 aliphatic carbocycles. The van der Waals surface area contributed by atoms with Gasteiger partial charge in [0.25, 0.3) is 5.69 Å². The van der Waals surface area contributed by atoms with E-state index in [-0.39, 0.29) is 16.5 Å². The normalized spacial score (nSPS) is 15.5. The molecule has 0 N–H and O–H groups in total. The van der Waals surface area contributed by atoms with Crippen molar-refractivity contribution in [3.8, 4) is 0 Å². The van der Waals surface area contributed by atoms with Crippen molar-refractivity contribution in [2.24, 2.45) is 5.92 Å². The summed E-state index contributed by atoms with van der Waals surface area (Å²) in [6.45, 7) is 2.06. The molecule has 0 spiro atoms. The number of carbonyl (C=O) groups is 1. The van der Waals surface area contributed by atoms with Crippen molar-refractivity contribution in [1.82, 2.24) is 4.98 Å². The Morgan fingerprint density at radius 3 is 2.92 bits per heavy atom. The van der Waals surface area contributed by atoms with Gasteiger partial charge < -0.3 is 4.74 Å². The molecular weight excluding hydrogens is 328 g/mol. The van der Waals surface area contributed by atoms with Crippen LogP contribution in [0.15, 0.2) is 29.6 Å². The van der Waals surface area contributed by atoms with Gasteiger partial charge >= 0.3 is 5.97 Å². The second kappa shape index (κ2) is 7.09. The Morgan fingerprint density at radius 1 is 1.50 bits per heavy atom. The van der Waals surface area contributed by atoms with Gasteiger partial charge in [0.05, 0.1) is 11.5 Å². The van der Waals surface area contributed by atoms with Gasteiger partial charge in [-0.15, -0.1) is 11.3 Å². The second-order valence-electron chi connectivity index (χ2n) is 5.81. The molecule has 6 nitrogen and oxygen atoms in total. The van der Waals surface area contributed by atoms with Crippen molar-refractivity contribution >= 4 is 23.0 Å². The topological polar surface area (TPSA) is 82.3 Å². The summed E-state index contributed by atoms with van der Waals surface area (Å²) >= 11 is 1.42. The van der Waals surface area contributed by atoms with Crippen molar-refractivity contribution in [2.45, 2.75) is 32.1 Å². The standard InChI is InChI=1S/C17H18N2O4S/c1-2-23-17(20)14-10-24-16(18-14)15(11-5-3-6-11)12-7-4-8-13(9-12)19(21)22/h4,7-11,15H,2-3,5-6H2,1H3. The molecule has 1 atom stereocenters. The van der Waals surface area contributed by atoms with Gasteiger partial charge in [-0.05, 0) is 31.2 Å². The first-order valence-corrected chi connectivity index (χ1v) is 8.85. The van der Waals surface area contributed by atoms with E-state index in [2.05, 4.69) is 4.98 Å². The van der Waals surface area contributed by atoms with E-state index in [0.29, 0.717) is 18.2 Å². The van der Waals surface area contributed by atoms with Gasteiger partial charge in [0.15, 0.2) is 5.69 Å². The SMILES string of the molecule is CCOC(=O)c1csc(C(c2cccc([N+](=O)[O-])c2)C2CCC2)n1. The lowest BCUT2D eigenvalue weighted by atomic mass is 9.73. The van der Waals surface area contributed by atoms with E-state index < -0.39 is 5.97 Å². The van der Waals surface area contributed by atoms with Crippen LogP contribution < -0.4 is 0 Å². The van der Waals surface area contributed by atoms with Gasteiger partial charge in [0, 0.05) is 23.4 Å². The molecular formula is C17H18N2O4S. The molecule has 126 valence electrons. The van der Waals surface area contributed by atoms with E-state index in [0.717, 1.165) is 29.8 Å². The summed E-state index contributed by atoms with van der Waals surface area (Å²) in [6.07, 6.45) is 3.30. The lowest BCUT2D eigenvalue weighted by Crippen LogP contribution is -2.21. The Bertz CT molecular complexity index is 755. The quantitative estimate of drug-likeness (QED) is 0.445. The van der Waals surface area contributed by atoms with E-state index in [1.807, 2.05) is 6.07 Å². The average molecular weight is 346 g/mol. The summed E-state index contributed by atoms with van der Waals surface area (Å²) in [7, 11) is 0. The number of rotatable bonds is 6. The van der Waals surface area contributed by atoms with Gasteiger partial charge in [0.1, 0.15) is 5.01 Å². The van der Waals surface area contributed by atoms with Crippen LogP contribution in [0.4, 0.5) is 5.69 Å². The molecule has 2 aromatic rings. The number of benzene rings is 1. The van der Waals surface area contributed by atoms with Crippen LogP contribution >= 0.6 is 11.3 Å². The van der Waals surface area contributed by atoms with Gasteiger partial charge in [-0.1, -0.05) is 18.6 Å². The third-order valence-electron chi connectivity index (χ3n) is 4.33. The molecule has 3 rings (SSSR count). The van der Waals surface area contributed by atoms with Crippen LogP contribution in [0.5, 0.6) is 0 Å². The Labute approximate surface area is 143 Å². The van der Waals surface area contributed by atoms with Gasteiger partial charge in [-0.2, -0.15) is 0 Å². The maximum absolute atomic E-state index is 11.8. The highest BCUT2D eigenvalue weighted by atomic mass is 32.1. The minimum atomic E-state index is -0.425. The molecule has 0 bridgehead atoms. The van der Waals surface area contributed by atoms with Gasteiger partial charge in [-0.25, -0.2) is 9.78 Å². The minimum Gasteiger partial charge on any atom is -0.461 e. The summed E-state index contributed by atoms with van der Waals surface area (Å²) in [6, 6.07) is 6.72. The van der Waals surface area contributed by atoms with Crippen molar-refractivity contribution < 1.29 is 14.5 Å². The number of hydrogen-bond donors (Lipinski definition) is 0. The summed E-state index contributed by atoms with van der Waals surface area (Å²) in [5.41, 5.74) is 1.28. The number of esters is 1. The smallest absolute Gasteiger partial charge is 0.357 e. The molecule has 7 heteroatoms. The first-order chi connectivity index (χ1) is 11.6. The Hall–Kier alpha value is -2.28. The lowest BCUT2D eigenvalue weighted by Gasteiger charge is -2.32. The molecule has 24 heavy (non-hydrogen) atoms. The zero-order chi connectivity index (χ0) is 17.1. The molecule has 1 aliphatic rings. The third kappa shape index (κ3) is 3.31. The molecule has 1 aromatic heterocycles. The largest absolute Gasteiger partial charge is 0.461 e. The Balaban J connectivity index is 1.94. The highest BCUT2D eigenvalue weighted by Crippen LogP contribution is 2.44. The fourth-order valence-corrected chi connectivity index (χ4v) is 3.96. The fourth-order valence-electron chi connectivity index (χ4n) is 2.95. The molecule has 0 amide bonds. The maximum Gasteiger partial charge on any atom is 0.357 e. The monoisotopic (exact) mass is 346 g/mol. The zero-order valence-electron chi connectivity index (χ0n) is 13.3. The molecule has 0 saturated heterocycles. The molecule has 1 aromatic carbocycles. The minimum absolute atomic E-state index is 0.00757. The predicted molar refractivity (Wildman–Crippen MR) is 90.4 cm³/mol. The number of carbonyl (C=O) groups excluding carboxylic acids is 1. The van der Waals surface area contributed by atoms with Crippen molar-refractivity contribution in [2.75, 3.05) is 6.61 Å². The maximum atomic E-state index is 11.8. The molecule has 0 aliphatic heterocycles. The number of nitro groups is 1. The Kier molecular flexibility index (Phi) is 4.89. The van der Waals surface area contributed by atoms with Gasteiger partial charge in [0.2, 0.25) is 0 Å². The van der Waals surface area contributed by atoms with Crippen LogP contribution in [0.1, 0.15) is 53.2 Å². The highest BCUT2D eigenvalue weighted by Gasteiger charge is 2.33. The van der Waals surface area contributed by atoms with Crippen LogP contribution in [0, 0.1) is 16.0 Å². The summed E-state index contributed by atoms with van der Waals surface area (Å²) in [5.74, 6) is -0.0218. The van der Waals surface area contributed by atoms with Gasteiger partial charge in [-0.3, -0.25) is 10.1 Å². The second-order valence-corrected chi connectivity index (χ2v) is 6.70. The van der Waals surface area contributed by atoms with Crippen LogP contribution in [0.25, 0.3) is 0 Å². The fraction of sp³-hybridized carbons (Fsp3) is 0.412. The van der Waals surface area contributed by atoms with E-state index >= 15 is 0 Å². The average Bonchev–Trinajstić information content (AvgIpc) is 3.00. The number of hydrogen-bond acceptors (Lipinski definition) is 6. The van der Waals surface area contributed by atoms with E-state index in [1.165, 1.54) is 17.4 Å². The number of non-ortho nitro benzene ring substituents is 1. The molecule has 1 heterocycles. The van der Waals surface area contributed by atoms with Crippen LogP contribution in [0.3, 0.4) is 0 Å². The number of nitrogens with zero attached hydrogens (tertiary/aromatic N) is 2. The van der Waals surface area contributed by atoms with E-state index in [4.69, 9.17) is 4.74 Å². The number of thiazole rings is 1. The molecule has 1 fully saturated rings. The molecule has 1 saturated carbocycles. The molecule has 0 radical (unpaired) electrons. The lowest BCUT2D eigenvalue weighted by molar-refractivity contribution is -0.384. The van der Waals surface area contributed by atoms with Crippen LogP contribution in [-0.2, 0) is 4.74 Å². The van der Waals surface area contributed by atoms with Crippen LogP contribution in [0.2, 0.25) is 0 Å². The van der Waals surface area contributed by atoms with Crippen LogP contribution in [-0.4, -0.2) is 22.5 Å². The predicted octanol–water partition coefficient (Wildman–Crippen LogP) is 4.16. The molecule has 1 unspecified atom stereocenters. The van der Waals surface area contributed by atoms with E-state index in [1.54, 1.807) is 24.4 Å².